The molecule has 0 spiro atoms. The van der Waals surface area contributed by atoms with E-state index in [1.54, 1.807) is 26.0 Å². The molecule has 0 saturated carbocycles. The molecule has 7 heteroatoms. The molecule has 0 bridgehead atoms. The van der Waals surface area contributed by atoms with Gasteiger partial charge in [0, 0.05) is 0 Å². The Hall–Kier alpha value is -1.99. The molecular formula is C15H15NO4S2. The van der Waals surface area contributed by atoms with Gasteiger partial charge in [-0.1, -0.05) is 24.3 Å². The van der Waals surface area contributed by atoms with E-state index in [9.17, 15) is 16.8 Å². The zero-order chi connectivity index (χ0) is 16.5. The Morgan fingerprint density at radius 2 is 1.14 bits per heavy atom. The molecule has 0 saturated heterocycles. The van der Waals surface area contributed by atoms with Crippen LogP contribution in [0, 0.1) is 19.3 Å². The number of rotatable bonds is 2. The maximum absolute atomic E-state index is 12.4. The predicted octanol–water partition coefficient (Wildman–Crippen LogP) is 2.49. The standard InChI is InChI=1S/C15H15NO4S2/c1-11-5-3-7-13(9-11)21(17,18)15(16)22(19,20)14-8-4-6-12(2)10-14/h3-10,16H,1-2H3. The van der Waals surface area contributed by atoms with Gasteiger partial charge in [-0.15, -0.1) is 0 Å². The second-order valence-electron chi connectivity index (χ2n) is 4.93. The van der Waals surface area contributed by atoms with Crippen LogP contribution in [0.4, 0.5) is 0 Å². The van der Waals surface area contributed by atoms with Crippen LogP contribution in [0.15, 0.2) is 58.3 Å². The van der Waals surface area contributed by atoms with Crippen molar-refractivity contribution in [3.05, 3.63) is 59.7 Å². The monoisotopic (exact) mass is 337 g/mol. The highest BCUT2D eigenvalue weighted by Gasteiger charge is 2.34. The molecule has 0 aliphatic heterocycles. The van der Waals surface area contributed by atoms with Crippen molar-refractivity contribution >= 4 is 24.1 Å². The summed E-state index contributed by atoms with van der Waals surface area (Å²) in [4.78, 5) is -0.401. The lowest BCUT2D eigenvalue weighted by Gasteiger charge is -2.08. The van der Waals surface area contributed by atoms with Gasteiger partial charge in [-0.05, 0) is 49.2 Å². The van der Waals surface area contributed by atoms with E-state index >= 15 is 0 Å². The molecule has 0 unspecified atom stereocenters. The Bertz CT molecular complexity index is 868. The minimum atomic E-state index is -4.38. The lowest BCUT2D eigenvalue weighted by atomic mass is 10.2. The molecule has 2 aromatic carbocycles. The smallest absolute Gasteiger partial charge is 0.249 e. The van der Waals surface area contributed by atoms with Crippen LogP contribution < -0.4 is 0 Å². The second kappa shape index (κ2) is 5.66. The molecule has 22 heavy (non-hydrogen) atoms. The van der Waals surface area contributed by atoms with Crippen LogP contribution in [-0.2, 0) is 19.7 Å². The van der Waals surface area contributed by atoms with Crippen molar-refractivity contribution in [2.45, 2.75) is 23.6 Å². The van der Waals surface area contributed by atoms with Crippen molar-refractivity contribution in [3.63, 3.8) is 0 Å². The largest absolute Gasteiger partial charge is 0.279 e. The number of aryl methyl sites for hydroxylation is 2. The van der Waals surface area contributed by atoms with E-state index in [2.05, 4.69) is 0 Å². The lowest BCUT2D eigenvalue weighted by molar-refractivity contribution is 0.602. The number of nitrogens with one attached hydrogen (secondary N) is 1. The number of hydrogen-bond donors (Lipinski definition) is 1. The molecule has 1 N–H and O–H groups in total. The molecule has 5 nitrogen and oxygen atoms in total. The molecule has 2 rings (SSSR count). The molecule has 0 fully saturated rings. The van der Waals surface area contributed by atoms with Crippen LogP contribution in [0.1, 0.15) is 11.1 Å². The lowest BCUT2D eigenvalue weighted by Crippen LogP contribution is -2.24. The normalized spacial score (nSPS) is 12.1. The SMILES string of the molecule is Cc1cccc(S(=O)(=O)C(=N)S(=O)(=O)c2cccc(C)c2)c1. The molecule has 0 amide bonds. The van der Waals surface area contributed by atoms with E-state index in [1.165, 1.54) is 36.4 Å². The minimum absolute atomic E-state index is 0.200. The van der Waals surface area contributed by atoms with Crippen molar-refractivity contribution in [2.24, 2.45) is 0 Å². The molecule has 0 aliphatic carbocycles. The molecule has 0 radical (unpaired) electrons. The van der Waals surface area contributed by atoms with Gasteiger partial charge in [0.2, 0.25) is 24.1 Å². The van der Waals surface area contributed by atoms with Crippen molar-refractivity contribution in [2.75, 3.05) is 0 Å². The molecular weight excluding hydrogens is 322 g/mol. The summed E-state index contributed by atoms with van der Waals surface area (Å²) in [6, 6.07) is 11.6. The Morgan fingerprint density at radius 1 is 0.773 bits per heavy atom. The molecule has 2 aromatic rings. The van der Waals surface area contributed by atoms with Crippen LogP contribution in [-0.4, -0.2) is 21.2 Å². The Labute approximate surface area is 130 Å². The first kappa shape index (κ1) is 16.4. The van der Waals surface area contributed by atoms with Gasteiger partial charge in [0.15, 0.2) is 0 Å². The zero-order valence-electron chi connectivity index (χ0n) is 12.1. The summed E-state index contributed by atoms with van der Waals surface area (Å²) in [5.74, 6) is 0. The first-order chi connectivity index (χ1) is 10.2. The third-order valence-corrected chi connectivity index (χ3v) is 7.13. The summed E-state index contributed by atoms with van der Waals surface area (Å²) in [7, 11) is -8.77. The summed E-state index contributed by atoms with van der Waals surface area (Å²) in [6.07, 6.45) is 0. The van der Waals surface area contributed by atoms with Gasteiger partial charge in [0.05, 0.1) is 9.79 Å². The van der Waals surface area contributed by atoms with Crippen LogP contribution in [0.2, 0.25) is 0 Å². The average Bonchev–Trinajstić information content (AvgIpc) is 2.46. The van der Waals surface area contributed by atoms with Gasteiger partial charge < -0.3 is 0 Å². The third kappa shape index (κ3) is 2.95. The van der Waals surface area contributed by atoms with Gasteiger partial charge in [-0.3, -0.25) is 5.41 Å². The fourth-order valence-corrected chi connectivity index (χ4v) is 5.28. The Morgan fingerprint density at radius 3 is 1.45 bits per heavy atom. The molecule has 0 atom stereocenters. The maximum Gasteiger partial charge on any atom is 0.249 e. The fraction of sp³-hybridized carbons (Fsp3) is 0.133. The van der Waals surface area contributed by atoms with Crippen molar-refractivity contribution < 1.29 is 16.8 Å². The number of hydrogen-bond acceptors (Lipinski definition) is 5. The average molecular weight is 337 g/mol. The maximum atomic E-state index is 12.4. The van der Waals surface area contributed by atoms with E-state index in [0.717, 1.165) is 0 Å². The predicted molar refractivity (Wildman–Crippen MR) is 84.5 cm³/mol. The molecule has 0 aromatic heterocycles. The van der Waals surface area contributed by atoms with Crippen molar-refractivity contribution in [3.8, 4) is 0 Å². The van der Waals surface area contributed by atoms with Gasteiger partial charge in [-0.2, -0.15) is 0 Å². The highest BCUT2D eigenvalue weighted by atomic mass is 32.3. The van der Waals surface area contributed by atoms with E-state index in [1.807, 2.05) is 0 Å². The zero-order valence-corrected chi connectivity index (χ0v) is 13.7. The minimum Gasteiger partial charge on any atom is -0.279 e. The van der Waals surface area contributed by atoms with Crippen molar-refractivity contribution in [1.82, 2.24) is 0 Å². The summed E-state index contributed by atoms with van der Waals surface area (Å²) in [5, 5.41) is 7.73. The van der Waals surface area contributed by atoms with E-state index < -0.39 is 24.1 Å². The van der Waals surface area contributed by atoms with Crippen LogP contribution in [0.3, 0.4) is 0 Å². The molecule has 0 heterocycles. The van der Waals surface area contributed by atoms with Gasteiger partial charge in [0.1, 0.15) is 0 Å². The third-order valence-electron chi connectivity index (χ3n) is 3.09. The van der Waals surface area contributed by atoms with E-state index in [4.69, 9.17) is 5.41 Å². The summed E-state index contributed by atoms with van der Waals surface area (Å²) in [5.41, 5.74) is 1.34. The van der Waals surface area contributed by atoms with Crippen LogP contribution >= 0.6 is 0 Å². The number of sulfone groups is 2. The fourth-order valence-electron chi connectivity index (χ4n) is 1.92. The highest BCUT2D eigenvalue weighted by Crippen LogP contribution is 2.21. The quantitative estimate of drug-likeness (QED) is 0.673. The van der Waals surface area contributed by atoms with Crippen molar-refractivity contribution in [1.29, 1.82) is 5.41 Å². The first-order valence-corrected chi connectivity index (χ1v) is 9.34. The van der Waals surface area contributed by atoms with Crippen LogP contribution in [0.25, 0.3) is 0 Å². The summed E-state index contributed by atoms with van der Waals surface area (Å²) >= 11 is 0. The molecule has 116 valence electrons. The first-order valence-electron chi connectivity index (χ1n) is 6.38. The second-order valence-corrected chi connectivity index (χ2v) is 8.96. The van der Waals surface area contributed by atoms with E-state index in [-0.39, 0.29) is 9.79 Å². The van der Waals surface area contributed by atoms with Crippen LogP contribution in [0.5, 0.6) is 0 Å². The number of benzene rings is 2. The van der Waals surface area contributed by atoms with Gasteiger partial charge in [-0.25, -0.2) is 16.8 Å². The highest BCUT2D eigenvalue weighted by molar-refractivity contribution is 8.31. The molecule has 0 aliphatic rings. The summed E-state index contributed by atoms with van der Waals surface area (Å²) < 4.78 is 48.2. The summed E-state index contributed by atoms with van der Waals surface area (Å²) in [6.45, 7) is 3.38. The van der Waals surface area contributed by atoms with Gasteiger partial charge in [0.25, 0.3) is 0 Å². The Balaban J connectivity index is 2.55. The topological polar surface area (TPSA) is 92.1 Å². The van der Waals surface area contributed by atoms with Gasteiger partial charge >= 0.3 is 0 Å². The van der Waals surface area contributed by atoms with E-state index in [0.29, 0.717) is 11.1 Å². The Kier molecular flexibility index (Phi) is 4.21.